The number of methoxy groups -OCH3 is 1. The monoisotopic (exact) mass is 917 g/mol. The predicted molar refractivity (Wildman–Crippen MR) is 240 cm³/mol. The molecule has 1 aliphatic rings. The van der Waals surface area contributed by atoms with E-state index in [1.54, 1.807) is 68.4 Å². The molecular weight excluding hydrogens is 871 g/mol. The molecule has 0 bridgehead atoms. The molecule has 14 heteroatoms. The van der Waals surface area contributed by atoms with E-state index in [1.807, 2.05) is 104 Å². The van der Waals surface area contributed by atoms with Crippen molar-refractivity contribution in [3.8, 4) is 5.75 Å². The standard InChI is InChI=1S/C23H23NO5S2.C15H18N2O2S.C7H7Br/c1-29-19-9-6-16(7-10-19)15-30-20-13-22(23(25)26)24(14-20)31(27,28)21-11-8-17-4-2-3-5-18(17)12-21;1-13-8-10-15(11-9-13)20(18,19)17(16-2)12-14-6-4-3-5-7-14;8-6-7-4-2-1-3-5-7/h2-12,20,22H,13-15H2,1H3,(H,25,26);3-11,16H,12H2,1-2H3;1-5H,6H2/t20-,22+;;/m1../s1. The van der Waals surface area contributed by atoms with Crippen molar-refractivity contribution in [2.24, 2.45) is 0 Å². The molecule has 0 amide bonds. The lowest BCUT2D eigenvalue weighted by molar-refractivity contribution is -0.140. The van der Waals surface area contributed by atoms with Crippen molar-refractivity contribution < 1.29 is 31.5 Å². The van der Waals surface area contributed by atoms with Gasteiger partial charge in [0.15, 0.2) is 0 Å². The summed E-state index contributed by atoms with van der Waals surface area (Å²) < 4.78 is 59.3. The highest BCUT2D eigenvalue weighted by molar-refractivity contribution is 9.08. The molecule has 1 fully saturated rings. The number of carboxylic acids is 1. The van der Waals surface area contributed by atoms with E-state index in [0.717, 1.165) is 42.8 Å². The van der Waals surface area contributed by atoms with Gasteiger partial charge in [-0.1, -0.05) is 137 Å². The van der Waals surface area contributed by atoms with Crippen LogP contribution in [0, 0.1) is 6.92 Å². The fraction of sp³-hybridized carbons (Fsp3) is 0.222. The van der Waals surface area contributed by atoms with Gasteiger partial charge in [-0.15, -0.1) is 4.41 Å². The molecule has 7 rings (SSSR count). The Bertz CT molecular complexity index is 2480. The third-order valence-corrected chi connectivity index (χ3v) is 15.1. The lowest BCUT2D eigenvalue weighted by atomic mass is 10.1. The summed E-state index contributed by atoms with van der Waals surface area (Å²) in [7, 11) is -4.25. The third-order valence-electron chi connectivity index (χ3n) is 9.50. The van der Waals surface area contributed by atoms with Gasteiger partial charge >= 0.3 is 5.97 Å². The minimum Gasteiger partial charge on any atom is -0.497 e. The Balaban J connectivity index is 0.000000201. The number of aryl methyl sites for hydroxylation is 1. The number of nitrogens with one attached hydrogen (secondary N) is 1. The highest BCUT2D eigenvalue weighted by atomic mass is 79.9. The molecule has 6 aromatic carbocycles. The van der Waals surface area contributed by atoms with Gasteiger partial charge in [0.05, 0.1) is 23.4 Å². The molecule has 1 saturated heterocycles. The SMILES string of the molecule is BrCc1ccccc1.CNN(Cc1ccccc1)S(=O)(=O)c1ccc(C)cc1.COc1ccc(CS[C@@H]2C[C@@H](C(=O)O)N(S(=O)(=O)c3ccc4ccccc4c3)C2)cc1. The van der Waals surface area contributed by atoms with Crippen LogP contribution in [0.1, 0.15) is 28.7 Å². The smallest absolute Gasteiger partial charge is 0.322 e. The van der Waals surface area contributed by atoms with Crippen LogP contribution in [0.3, 0.4) is 0 Å². The van der Waals surface area contributed by atoms with Gasteiger partial charge in [0, 0.05) is 22.9 Å². The number of fused-ring (bicyclic) bond motifs is 1. The summed E-state index contributed by atoms with van der Waals surface area (Å²) >= 11 is 4.94. The van der Waals surface area contributed by atoms with E-state index in [-0.39, 0.29) is 34.6 Å². The van der Waals surface area contributed by atoms with Gasteiger partial charge < -0.3 is 9.84 Å². The molecule has 1 aliphatic heterocycles. The number of hydrazine groups is 1. The molecular formula is C45H48BrN3O7S3. The number of thioether (sulfide) groups is 1. The van der Waals surface area contributed by atoms with E-state index in [2.05, 4.69) is 33.5 Å². The first kappa shape index (κ1) is 45.5. The summed E-state index contributed by atoms with van der Waals surface area (Å²) in [6.07, 6.45) is 0.281. The maximum absolute atomic E-state index is 13.3. The Labute approximate surface area is 360 Å². The number of aliphatic carboxylic acids is 1. The normalized spacial score (nSPS) is 15.5. The Morgan fingerprint density at radius 2 is 1.36 bits per heavy atom. The molecule has 2 N–H and O–H groups in total. The van der Waals surface area contributed by atoms with E-state index >= 15 is 0 Å². The molecule has 0 aliphatic carbocycles. The lowest BCUT2D eigenvalue weighted by Crippen LogP contribution is -2.40. The number of nitrogens with zero attached hydrogens (tertiary/aromatic N) is 2. The maximum atomic E-state index is 13.3. The summed E-state index contributed by atoms with van der Waals surface area (Å²) in [5.74, 6) is 0.329. The van der Waals surface area contributed by atoms with Gasteiger partial charge in [-0.25, -0.2) is 22.3 Å². The molecule has 1 heterocycles. The number of carbonyl (C=O) groups is 1. The van der Waals surface area contributed by atoms with Crippen LogP contribution < -0.4 is 10.2 Å². The zero-order valence-corrected chi connectivity index (χ0v) is 37.1. The van der Waals surface area contributed by atoms with Crippen molar-refractivity contribution in [3.63, 3.8) is 0 Å². The van der Waals surface area contributed by atoms with E-state index in [9.17, 15) is 26.7 Å². The minimum absolute atomic E-state index is 0.0987. The summed E-state index contributed by atoms with van der Waals surface area (Å²) in [6, 6.07) is 45.6. The molecule has 2 atom stereocenters. The van der Waals surface area contributed by atoms with Gasteiger partial charge in [0.1, 0.15) is 11.8 Å². The molecule has 0 saturated carbocycles. The van der Waals surface area contributed by atoms with E-state index in [0.29, 0.717) is 5.75 Å². The van der Waals surface area contributed by atoms with Crippen molar-refractivity contribution in [2.75, 3.05) is 20.7 Å². The zero-order valence-electron chi connectivity index (χ0n) is 33.0. The Morgan fingerprint density at radius 1 is 0.780 bits per heavy atom. The third kappa shape index (κ3) is 12.5. The highest BCUT2D eigenvalue weighted by Gasteiger charge is 2.44. The van der Waals surface area contributed by atoms with Crippen molar-refractivity contribution in [2.45, 2.75) is 52.1 Å². The van der Waals surface area contributed by atoms with Crippen LogP contribution in [0.15, 0.2) is 161 Å². The van der Waals surface area contributed by atoms with Crippen LogP contribution in [0.4, 0.5) is 0 Å². The summed E-state index contributed by atoms with van der Waals surface area (Å²) in [5, 5.41) is 12.3. The predicted octanol–water partition coefficient (Wildman–Crippen LogP) is 8.90. The first-order valence-electron chi connectivity index (χ1n) is 18.7. The number of hydrogen-bond donors (Lipinski definition) is 2. The van der Waals surface area contributed by atoms with Gasteiger partial charge in [0.2, 0.25) is 10.0 Å². The topological polar surface area (TPSA) is 133 Å². The molecule has 310 valence electrons. The largest absolute Gasteiger partial charge is 0.497 e. The number of ether oxygens (including phenoxy) is 1. The van der Waals surface area contributed by atoms with Crippen molar-refractivity contribution in [3.05, 3.63) is 174 Å². The number of alkyl halides is 1. The van der Waals surface area contributed by atoms with Crippen LogP contribution in [0.5, 0.6) is 5.75 Å². The second-order valence-corrected chi connectivity index (χ2v) is 19.2. The van der Waals surface area contributed by atoms with Crippen molar-refractivity contribution in [1.82, 2.24) is 14.1 Å². The molecule has 10 nitrogen and oxygen atoms in total. The second kappa shape index (κ2) is 21.6. The number of carboxylic acid groups (broad SMARTS) is 1. The van der Waals surface area contributed by atoms with E-state index in [1.165, 1.54) is 9.98 Å². The van der Waals surface area contributed by atoms with Crippen molar-refractivity contribution >= 4 is 64.5 Å². The lowest BCUT2D eigenvalue weighted by Gasteiger charge is -2.21. The van der Waals surface area contributed by atoms with Crippen molar-refractivity contribution in [1.29, 1.82) is 0 Å². The molecule has 59 heavy (non-hydrogen) atoms. The average Bonchev–Trinajstić information content (AvgIpc) is 3.72. The first-order valence-corrected chi connectivity index (χ1v) is 23.8. The fourth-order valence-electron chi connectivity index (χ4n) is 6.22. The number of sulfonamides is 2. The molecule has 0 radical (unpaired) electrons. The van der Waals surface area contributed by atoms with Crippen LogP contribution in [-0.4, -0.2) is 68.6 Å². The average molecular weight is 919 g/mol. The molecule has 0 unspecified atom stereocenters. The second-order valence-electron chi connectivity index (χ2n) is 13.6. The summed E-state index contributed by atoms with van der Waals surface area (Å²) in [4.78, 5) is 12.3. The number of rotatable bonds is 13. The highest BCUT2D eigenvalue weighted by Crippen LogP contribution is 2.35. The Kier molecular flexibility index (Phi) is 16.7. The molecule has 0 aromatic heterocycles. The van der Waals surface area contributed by atoms with Gasteiger partial charge in [-0.2, -0.15) is 16.1 Å². The van der Waals surface area contributed by atoms with Crippen LogP contribution >= 0.6 is 27.7 Å². The van der Waals surface area contributed by atoms with Gasteiger partial charge in [-0.05, 0) is 84.3 Å². The number of halogens is 1. The first-order chi connectivity index (χ1) is 28.3. The van der Waals surface area contributed by atoms with Gasteiger partial charge in [0.25, 0.3) is 10.0 Å². The van der Waals surface area contributed by atoms with E-state index < -0.39 is 32.1 Å². The number of benzene rings is 6. The van der Waals surface area contributed by atoms with E-state index in [4.69, 9.17) is 4.74 Å². The fourth-order valence-corrected chi connectivity index (χ4v) is 10.9. The Hall–Kier alpha value is -4.54. The van der Waals surface area contributed by atoms with Gasteiger partial charge in [-0.3, -0.25) is 4.79 Å². The maximum Gasteiger partial charge on any atom is 0.322 e. The quantitative estimate of drug-likeness (QED) is 0.0861. The van der Waals surface area contributed by atoms with Crippen LogP contribution in [0.25, 0.3) is 10.8 Å². The molecule has 6 aromatic rings. The zero-order chi connectivity index (χ0) is 42.4. The number of hydrogen-bond acceptors (Lipinski definition) is 8. The molecule has 0 spiro atoms. The summed E-state index contributed by atoms with van der Waals surface area (Å²) in [6.45, 7) is 2.39. The Morgan fingerprint density at radius 3 is 1.92 bits per heavy atom. The van der Waals surface area contributed by atoms with Crippen LogP contribution in [0.2, 0.25) is 0 Å². The minimum atomic E-state index is -3.93. The summed E-state index contributed by atoms with van der Waals surface area (Å²) in [5.41, 5.74) is 7.11. The van der Waals surface area contributed by atoms with Crippen LogP contribution in [-0.2, 0) is 42.5 Å².